The Morgan fingerprint density at radius 1 is 1.04 bits per heavy atom. The van der Waals surface area contributed by atoms with Gasteiger partial charge in [0.1, 0.15) is 11.4 Å². The molecule has 0 radical (unpaired) electrons. The minimum Gasteiger partial charge on any atom is -0.319 e. The van der Waals surface area contributed by atoms with Crippen LogP contribution in [0.2, 0.25) is 0 Å². The highest BCUT2D eigenvalue weighted by atomic mass is 19.1. The van der Waals surface area contributed by atoms with Crippen LogP contribution in [0, 0.1) is 5.82 Å². The molecule has 0 aromatic heterocycles. The molecule has 3 rings (SSSR count). The zero-order valence-electron chi connectivity index (χ0n) is 12.8. The maximum atomic E-state index is 13.2. The molecule has 2 aromatic rings. The summed E-state index contributed by atoms with van der Waals surface area (Å²) in [5.74, 6) is -0.682. The molecule has 0 aliphatic carbocycles. The number of amides is 3. The molecule has 1 atom stereocenters. The van der Waals surface area contributed by atoms with Gasteiger partial charge in [-0.2, -0.15) is 0 Å². The fraction of sp³-hybridized carbons (Fsp3) is 0.222. The van der Waals surface area contributed by atoms with Gasteiger partial charge in [0.2, 0.25) is 0 Å². The Morgan fingerprint density at radius 3 is 2.30 bits per heavy atom. The highest BCUT2D eigenvalue weighted by Gasteiger charge is 2.51. The second-order valence-corrected chi connectivity index (χ2v) is 5.57. The van der Waals surface area contributed by atoms with Crippen molar-refractivity contribution >= 4 is 11.9 Å². The lowest BCUT2D eigenvalue weighted by Crippen LogP contribution is -2.43. The van der Waals surface area contributed by atoms with Gasteiger partial charge in [0.25, 0.3) is 5.91 Å². The van der Waals surface area contributed by atoms with E-state index in [2.05, 4.69) is 5.32 Å². The van der Waals surface area contributed by atoms with E-state index < -0.39 is 11.6 Å². The fourth-order valence-corrected chi connectivity index (χ4v) is 2.91. The molecule has 1 fully saturated rings. The van der Waals surface area contributed by atoms with Gasteiger partial charge in [-0.1, -0.05) is 49.4 Å². The molecule has 0 saturated carbocycles. The van der Waals surface area contributed by atoms with E-state index in [1.54, 1.807) is 12.1 Å². The lowest BCUT2D eigenvalue weighted by atomic mass is 9.87. The van der Waals surface area contributed by atoms with Crippen molar-refractivity contribution in [3.05, 3.63) is 71.5 Å². The van der Waals surface area contributed by atoms with E-state index in [-0.39, 0.29) is 18.3 Å². The van der Waals surface area contributed by atoms with Gasteiger partial charge in [-0.25, -0.2) is 9.18 Å². The molecular formula is C18H17FN2O2. The SMILES string of the molecule is CCC1(c2ccc(F)cc2)NC(=O)N(Cc2ccccc2)C1=O. The lowest BCUT2D eigenvalue weighted by Gasteiger charge is -2.25. The number of hydrogen-bond acceptors (Lipinski definition) is 2. The average Bonchev–Trinajstić information content (AvgIpc) is 2.82. The number of carbonyl (C=O) groups is 2. The van der Waals surface area contributed by atoms with Crippen molar-refractivity contribution < 1.29 is 14.0 Å². The Labute approximate surface area is 133 Å². The van der Waals surface area contributed by atoms with Gasteiger partial charge in [0.05, 0.1) is 6.54 Å². The molecule has 3 amide bonds. The maximum Gasteiger partial charge on any atom is 0.325 e. The summed E-state index contributed by atoms with van der Waals surface area (Å²) in [4.78, 5) is 26.4. The van der Waals surface area contributed by atoms with Gasteiger partial charge in [-0.05, 0) is 29.7 Å². The molecule has 1 unspecified atom stereocenters. The van der Waals surface area contributed by atoms with Crippen molar-refractivity contribution in [3.63, 3.8) is 0 Å². The van der Waals surface area contributed by atoms with Crippen LogP contribution in [0.15, 0.2) is 54.6 Å². The Kier molecular flexibility index (Phi) is 3.86. The zero-order valence-corrected chi connectivity index (χ0v) is 12.8. The van der Waals surface area contributed by atoms with E-state index in [1.807, 2.05) is 37.3 Å². The summed E-state index contributed by atoms with van der Waals surface area (Å²) in [6, 6.07) is 14.6. The van der Waals surface area contributed by atoms with E-state index in [0.717, 1.165) is 5.56 Å². The Bertz CT molecular complexity index is 730. The van der Waals surface area contributed by atoms with Gasteiger partial charge < -0.3 is 5.32 Å². The summed E-state index contributed by atoms with van der Waals surface area (Å²) in [6.07, 6.45) is 0.397. The van der Waals surface area contributed by atoms with Crippen LogP contribution in [0.4, 0.5) is 9.18 Å². The topological polar surface area (TPSA) is 49.4 Å². The van der Waals surface area contributed by atoms with Crippen LogP contribution in [-0.4, -0.2) is 16.8 Å². The third kappa shape index (κ3) is 2.59. The van der Waals surface area contributed by atoms with Crippen molar-refractivity contribution in [2.75, 3.05) is 0 Å². The number of hydrogen-bond donors (Lipinski definition) is 1. The molecule has 1 saturated heterocycles. The van der Waals surface area contributed by atoms with Crippen LogP contribution >= 0.6 is 0 Å². The number of benzene rings is 2. The Balaban J connectivity index is 1.93. The van der Waals surface area contributed by atoms with Gasteiger partial charge in [0.15, 0.2) is 0 Å². The average molecular weight is 312 g/mol. The number of imide groups is 1. The third-order valence-electron chi connectivity index (χ3n) is 4.23. The first-order chi connectivity index (χ1) is 11.1. The second kappa shape index (κ2) is 5.83. The summed E-state index contributed by atoms with van der Waals surface area (Å²) < 4.78 is 13.2. The first kappa shape index (κ1) is 15.2. The molecule has 1 aliphatic rings. The van der Waals surface area contributed by atoms with E-state index in [9.17, 15) is 14.0 Å². The third-order valence-corrected chi connectivity index (χ3v) is 4.23. The molecule has 1 heterocycles. The summed E-state index contributed by atoms with van der Waals surface area (Å²) >= 11 is 0. The normalized spacial score (nSPS) is 20.7. The summed E-state index contributed by atoms with van der Waals surface area (Å²) in [7, 11) is 0. The Hall–Kier alpha value is -2.69. The van der Waals surface area contributed by atoms with Gasteiger partial charge >= 0.3 is 6.03 Å². The molecular weight excluding hydrogens is 295 g/mol. The number of halogens is 1. The summed E-state index contributed by atoms with van der Waals surface area (Å²) in [5, 5.41) is 2.79. The Morgan fingerprint density at radius 2 is 1.70 bits per heavy atom. The molecule has 1 N–H and O–H groups in total. The maximum absolute atomic E-state index is 13.2. The summed E-state index contributed by atoms with van der Waals surface area (Å²) in [5.41, 5.74) is 0.344. The molecule has 1 aliphatic heterocycles. The van der Waals surface area contributed by atoms with E-state index in [0.29, 0.717) is 12.0 Å². The van der Waals surface area contributed by atoms with Crippen LogP contribution in [0.1, 0.15) is 24.5 Å². The van der Waals surface area contributed by atoms with Crippen LogP contribution in [0.5, 0.6) is 0 Å². The van der Waals surface area contributed by atoms with Crippen LogP contribution < -0.4 is 5.32 Å². The van der Waals surface area contributed by atoms with Crippen molar-refractivity contribution in [2.45, 2.75) is 25.4 Å². The monoisotopic (exact) mass is 312 g/mol. The van der Waals surface area contributed by atoms with Crippen molar-refractivity contribution in [1.29, 1.82) is 0 Å². The molecule has 0 bridgehead atoms. The van der Waals surface area contributed by atoms with Crippen LogP contribution in [-0.2, 0) is 16.9 Å². The van der Waals surface area contributed by atoms with Crippen LogP contribution in [0.3, 0.4) is 0 Å². The van der Waals surface area contributed by atoms with Gasteiger partial charge in [-0.3, -0.25) is 9.69 Å². The molecule has 118 valence electrons. The zero-order chi connectivity index (χ0) is 16.4. The standard InChI is InChI=1S/C18H17FN2O2/c1-2-18(14-8-10-15(19)11-9-14)16(22)21(17(23)20-18)12-13-6-4-3-5-7-13/h3-11H,2,12H2,1H3,(H,20,23). The predicted molar refractivity (Wildman–Crippen MR) is 83.9 cm³/mol. The smallest absolute Gasteiger partial charge is 0.319 e. The quantitative estimate of drug-likeness (QED) is 0.882. The largest absolute Gasteiger partial charge is 0.325 e. The lowest BCUT2D eigenvalue weighted by molar-refractivity contribution is -0.132. The van der Waals surface area contributed by atoms with Crippen molar-refractivity contribution in [1.82, 2.24) is 10.2 Å². The minimum atomic E-state index is -1.13. The highest BCUT2D eigenvalue weighted by Crippen LogP contribution is 2.33. The summed E-state index contributed by atoms with van der Waals surface area (Å²) in [6.45, 7) is 2.04. The number of carbonyl (C=O) groups excluding carboxylic acids is 2. The highest BCUT2D eigenvalue weighted by molar-refractivity contribution is 6.07. The second-order valence-electron chi connectivity index (χ2n) is 5.57. The number of urea groups is 1. The number of nitrogens with zero attached hydrogens (tertiary/aromatic N) is 1. The molecule has 5 heteroatoms. The number of nitrogens with one attached hydrogen (secondary N) is 1. The van der Waals surface area contributed by atoms with Crippen molar-refractivity contribution in [2.24, 2.45) is 0 Å². The first-order valence-corrected chi connectivity index (χ1v) is 7.51. The fourth-order valence-electron chi connectivity index (χ4n) is 2.91. The number of rotatable bonds is 4. The first-order valence-electron chi connectivity index (χ1n) is 7.51. The van der Waals surface area contributed by atoms with E-state index in [4.69, 9.17) is 0 Å². The van der Waals surface area contributed by atoms with Crippen molar-refractivity contribution in [3.8, 4) is 0 Å². The predicted octanol–water partition coefficient (Wildman–Crippen LogP) is 3.18. The van der Waals surface area contributed by atoms with Gasteiger partial charge in [-0.15, -0.1) is 0 Å². The minimum absolute atomic E-state index is 0.217. The van der Waals surface area contributed by atoms with Gasteiger partial charge in [0, 0.05) is 0 Å². The van der Waals surface area contributed by atoms with E-state index >= 15 is 0 Å². The molecule has 4 nitrogen and oxygen atoms in total. The molecule has 2 aromatic carbocycles. The molecule has 0 spiro atoms. The van der Waals surface area contributed by atoms with Crippen LogP contribution in [0.25, 0.3) is 0 Å². The molecule has 23 heavy (non-hydrogen) atoms. The van der Waals surface area contributed by atoms with E-state index in [1.165, 1.54) is 17.0 Å².